The van der Waals surface area contributed by atoms with Crippen molar-refractivity contribution >= 4 is 45.8 Å². The first kappa shape index (κ1) is 19.4. The average Bonchev–Trinajstić information content (AvgIpc) is 3.01. The molecule has 1 saturated heterocycles. The van der Waals surface area contributed by atoms with Crippen molar-refractivity contribution in [3.05, 3.63) is 58.6 Å². The minimum atomic E-state index is -0.667. The molecule has 0 aliphatic carbocycles. The Balaban J connectivity index is 1.66. The summed E-state index contributed by atoms with van der Waals surface area (Å²) >= 11 is 1.14. The second-order valence-corrected chi connectivity index (χ2v) is 6.93. The summed E-state index contributed by atoms with van der Waals surface area (Å²) in [6.07, 6.45) is -0.145. The molecule has 1 heterocycles. The summed E-state index contributed by atoms with van der Waals surface area (Å²) in [5.74, 6) is -0.543. The van der Waals surface area contributed by atoms with E-state index in [0.29, 0.717) is 16.6 Å². The van der Waals surface area contributed by atoms with E-state index >= 15 is 0 Å². The number of hydrogen-bond donors (Lipinski definition) is 2. The van der Waals surface area contributed by atoms with Crippen LogP contribution in [-0.2, 0) is 9.59 Å². The molecule has 2 aromatic carbocycles. The predicted octanol–water partition coefficient (Wildman–Crippen LogP) is 2.85. The van der Waals surface area contributed by atoms with Crippen molar-refractivity contribution in [1.82, 2.24) is 5.32 Å². The summed E-state index contributed by atoms with van der Waals surface area (Å²) in [6, 6.07) is 13.2. The first-order chi connectivity index (χ1) is 13.5. The van der Waals surface area contributed by atoms with E-state index in [2.05, 4.69) is 15.6 Å². The van der Waals surface area contributed by atoms with E-state index < -0.39 is 16.1 Å². The maximum Gasteiger partial charge on any atom is 0.296 e. The summed E-state index contributed by atoms with van der Waals surface area (Å²) in [4.78, 5) is 39.3. The number of nitro benzene ring substituents is 1. The zero-order chi connectivity index (χ0) is 20.1. The highest BCUT2D eigenvalue weighted by Gasteiger charge is 2.32. The van der Waals surface area contributed by atoms with Gasteiger partial charge in [-0.05, 0) is 24.3 Å². The van der Waals surface area contributed by atoms with Gasteiger partial charge >= 0.3 is 0 Å². The Kier molecular flexibility index (Phi) is 5.90. The van der Waals surface area contributed by atoms with Gasteiger partial charge in [0.25, 0.3) is 5.69 Å². The highest BCUT2D eigenvalue weighted by atomic mass is 32.2. The van der Waals surface area contributed by atoms with Crippen LogP contribution >= 0.6 is 11.8 Å². The number of aliphatic imine (C=N–C) groups is 1. The molecule has 0 unspecified atom stereocenters. The van der Waals surface area contributed by atoms with Crippen molar-refractivity contribution in [2.45, 2.75) is 11.7 Å². The van der Waals surface area contributed by atoms with Crippen molar-refractivity contribution in [3.8, 4) is 5.75 Å². The molecule has 0 spiro atoms. The van der Waals surface area contributed by atoms with Gasteiger partial charge in [-0.3, -0.25) is 19.7 Å². The fraction of sp³-hybridized carbons (Fsp3) is 0.167. The molecule has 0 saturated carbocycles. The fourth-order valence-corrected chi connectivity index (χ4v) is 3.46. The Bertz CT molecular complexity index is 948. The van der Waals surface area contributed by atoms with Crippen LogP contribution in [0.5, 0.6) is 5.75 Å². The number of nitrogens with zero attached hydrogens (tertiary/aromatic N) is 2. The quantitative estimate of drug-likeness (QED) is 0.568. The van der Waals surface area contributed by atoms with Crippen LogP contribution in [0.3, 0.4) is 0 Å². The van der Waals surface area contributed by atoms with Crippen LogP contribution in [0.2, 0.25) is 0 Å². The number of amides is 2. The van der Waals surface area contributed by atoms with Gasteiger partial charge in [-0.15, -0.1) is 0 Å². The molecule has 28 heavy (non-hydrogen) atoms. The van der Waals surface area contributed by atoms with Crippen LogP contribution in [0.1, 0.15) is 6.42 Å². The van der Waals surface area contributed by atoms with Crippen LogP contribution in [0.25, 0.3) is 0 Å². The number of rotatable bonds is 6. The maximum absolute atomic E-state index is 12.3. The lowest BCUT2D eigenvalue weighted by atomic mass is 10.2. The van der Waals surface area contributed by atoms with E-state index in [1.54, 1.807) is 12.1 Å². The molecule has 0 bridgehead atoms. The Morgan fingerprint density at radius 3 is 2.75 bits per heavy atom. The molecule has 1 fully saturated rings. The van der Waals surface area contributed by atoms with E-state index in [-0.39, 0.29) is 23.7 Å². The minimum Gasteiger partial charge on any atom is -0.496 e. The zero-order valence-electron chi connectivity index (χ0n) is 14.7. The lowest BCUT2D eigenvalue weighted by molar-refractivity contribution is -0.384. The molecular weight excluding hydrogens is 384 g/mol. The Morgan fingerprint density at radius 1 is 1.32 bits per heavy atom. The van der Waals surface area contributed by atoms with Crippen LogP contribution < -0.4 is 15.4 Å². The van der Waals surface area contributed by atoms with Gasteiger partial charge in [0, 0.05) is 6.42 Å². The van der Waals surface area contributed by atoms with Gasteiger partial charge in [-0.2, -0.15) is 0 Å². The molecule has 9 nitrogen and oxygen atoms in total. The largest absolute Gasteiger partial charge is 0.496 e. The second kappa shape index (κ2) is 8.53. The summed E-state index contributed by atoms with van der Waals surface area (Å²) in [5, 5.41) is 16.1. The number of para-hydroxylation sites is 1. The monoisotopic (exact) mass is 400 g/mol. The lowest BCUT2D eigenvalue weighted by Gasteiger charge is -2.09. The molecular formula is C18H16N4O5S. The molecule has 1 atom stereocenters. The van der Waals surface area contributed by atoms with E-state index in [1.807, 2.05) is 18.2 Å². The summed E-state index contributed by atoms with van der Waals surface area (Å²) in [5.41, 5.74) is 0.434. The summed E-state index contributed by atoms with van der Waals surface area (Å²) < 4.78 is 4.96. The SMILES string of the molecule is COc1ccc(NC(=O)C[C@H]2SC(=Nc3ccccc3)NC2=O)c([N+](=O)[O-])c1. The van der Waals surface area contributed by atoms with Crippen molar-refractivity contribution in [3.63, 3.8) is 0 Å². The van der Waals surface area contributed by atoms with Crippen molar-refractivity contribution in [2.24, 2.45) is 4.99 Å². The van der Waals surface area contributed by atoms with Crippen molar-refractivity contribution < 1.29 is 19.2 Å². The van der Waals surface area contributed by atoms with Gasteiger partial charge in [0.05, 0.1) is 23.8 Å². The fourth-order valence-electron chi connectivity index (χ4n) is 2.48. The van der Waals surface area contributed by atoms with E-state index in [4.69, 9.17) is 4.74 Å². The number of thioether (sulfide) groups is 1. The van der Waals surface area contributed by atoms with E-state index in [9.17, 15) is 19.7 Å². The molecule has 3 rings (SSSR count). The molecule has 1 aliphatic rings. The molecule has 1 aliphatic heterocycles. The third-order valence-electron chi connectivity index (χ3n) is 3.81. The van der Waals surface area contributed by atoms with Gasteiger partial charge in [-0.1, -0.05) is 30.0 Å². The van der Waals surface area contributed by atoms with Crippen molar-refractivity contribution in [2.75, 3.05) is 12.4 Å². The Hall–Kier alpha value is -3.40. The van der Waals surface area contributed by atoms with Crippen LogP contribution in [0, 0.1) is 10.1 Å². The van der Waals surface area contributed by atoms with Crippen molar-refractivity contribution in [1.29, 1.82) is 0 Å². The number of ether oxygens (including phenoxy) is 1. The molecule has 10 heteroatoms. The molecule has 0 radical (unpaired) electrons. The molecule has 144 valence electrons. The molecule has 2 amide bonds. The Labute approximate surface area is 164 Å². The number of carbonyl (C=O) groups excluding carboxylic acids is 2. The number of nitro groups is 1. The maximum atomic E-state index is 12.3. The third kappa shape index (κ3) is 4.65. The smallest absolute Gasteiger partial charge is 0.296 e. The highest BCUT2D eigenvalue weighted by molar-refractivity contribution is 8.15. The topological polar surface area (TPSA) is 123 Å². The Morgan fingerprint density at radius 2 is 2.07 bits per heavy atom. The van der Waals surface area contributed by atoms with Gasteiger partial charge in [0.2, 0.25) is 11.8 Å². The van der Waals surface area contributed by atoms with E-state index in [1.165, 1.54) is 25.3 Å². The summed E-state index contributed by atoms with van der Waals surface area (Å²) in [6.45, 7) is 0. The van der Waals surface area contributed by atoms with Gasteiger partial charge in [0.1, 0.15) is 16.7 Å². The van der Waals surface area contributed by atoms with Gasteiger partial charge in [0.15, 0.2) is 5.17 Å². The van der Waals surface area contributed by atoms with Gasteiger partial charge in [-0.25, -0.2) is 4.99 Å². The number of methoxy groups -OCH3 is 1. The van der Waals surface area contributed by atoms with Gasteiger partial charge < -0.3 is 15.4 Å². The zero-order valence-corrected chi connectivity index (χ0v) is 15.6. The third-order valence-corrected chi connectivity index (χ3v) is 4.89. The predicted molar refractivity (Wildman–Crippen MR) is 106 cm³/mol. The average molecular weight is 400 g/mol. The first-order valence-electron chi connectivity index (χ1n) is 8.20. The van der Waals surface area contributed by atoms with Crippen LogP contribution in [0.15, 0.2) is 53.5 Å². The molecule has 2 N–H and O–H groups in total. The number of nitrogens with one attached hydrogen (secondary N) is 2. The minimum absolute atomic E-state index is 0.0392. The highest BCUT2D eigenvalue weighted by Crippen LogP contribution is 2.30. The number of carbonyl (C=O) groups is 2. The van der Waals surface area contributed by atoms with Crippen LogP contribution in [0.4, 0.5) is 17.1 Å². The normalized spacial score (nSPS) is 17.2. The number of amidine groups is 1. The number of benzene rings is 2. The van der Waals surface area contributed by atoms with E-state index in [0.717, 1.165) is 11.8 Å². The van der Waals surface area contributed by atoms with Crippen LogP contribution in [-0.4, -0.2) is 34.3 Å². The molecule has 2 aromatic rings. The molecule has 0 aromatic heterocycles. The second-order valence-electron chi connectivity index (χ2n) is 5.74. The number of hydrogen-bond acceptors (Lipinski definition) is 7. The number of anilines is 1. The lowest BCUT2D eigenvalue weighted by Crippen LogP contribution is -2.28. The standard InChI is InChI=1S/C18H16N4O5S/c1-27-12-7-8-13(14(9-12)22(25)26)20-16(23)10-15-17(24)21-18(28-15)19-11-5-3-2-4-6-11/h2-9,15H,10H2,1H3,(H,20,23)(H,19,21,24)/t15-/m1/s1. The first-order valence-corrected chi connectivity index (χ1v) is 9.08. The summed E-state index contributed by atoms with van der Waals surface area (Å²) in [7, 11) is 1.39.